The van der Waals surface area contributed by atoms with Gasteiger partial charge in [-0.15, -0.1) is 0 Å². The molecule has 0 spiro atoms. The number of fused-ring (bicyclic) bond motifs is 2. The standard InChI is InChI=1S/C39H28N2O15S4/c42-29(22-10-6-11-24(18-22)58(48,49)50)14-7-17-57(46,47)23-15-16-30(59(51,52)53)27(19-23)40-28-20-31(60(54,55)56)36-34-32(25-12-4-5-13-26(25)38(44)33(28)34)35(39(45)41-36)37(43)21-8-2-1-3-9-21/h1-6,8-13,15-16,18-20,40,43H,7,14,17H2,(H,48,49,50)(H,51,52,53)(H,54,55,56). The zero-order valence-corrected chi connectivity index (χ0v) is 33.6. The fourth-order valence-electron chi connectivity index (χ4n) is 6.87. The minimum absolute atomic E-state index is 0.0618. The first-order chi connectivity index (χ1) is 28.1. The lowest BCUT2D eigenvalue weighted by molar-refractivity contribution is 0.0981. The third-order valence-electron chi connectivity index (χ3n) is 9.55. The molecule has 2 aliphatic rings. The van der Waals surface area contributed by atoms with Gasteiger partial charge in [0.25, 0.3) is 35.9 Å². The van der Waals surface area contributed by atoms with Crippen molar-refractivity contribution < 1.29 is 57.2 Å². The number of hydrogen-bond acceptors (Lipinski definition) is 14. The van der Waals surface area contributed by atoms with Gasteiger partial charge in [0.1, 0.15) is 15.6 Å². The molecule has 60 heavy (non-hydrogen) atoms. The van der Waals surface area contributed by atoms with E-state index in [1.807, 2.05) is 0 Å². The second-order valence-corrected chi connectivity index (χ2v) is 19.7. The highest BCUT2D eigenvalue weighted by atomic mass is 32.2. The number of hydrogen-bond donors (Lipinski definition) is 5. The predicted octanol–water partition coefficient (Wildman–Crippen LogP) is 3.62. The van der Waals surface area contributed by atoms with Crippen molar-refractivity contribution in [2.24, 2.45) is 0 Å². The molecule has 0 unspecified atom stereocenters. The molecule has 0 fully saturated rings. The first-order valence-corrected chi connectivity index (χ1v) is 23.2. The smallest absolute Gasteiger partial charge is 0.296 e. The van der Waals surface area contributed by atoms with Gasteiger partial charge in [-0.3, -0.25) is 28.0 Å². The molecule has 21 heteroatoms. The second kappa shape index (κ2) is 15.1. The van der Waals surface area contributed by atoms with E-state index < -0.39 is 122 Å². The quantitative estimate of drug-likeness (QED) is 0.0864. The van der Waals surface area contributed by atoms with Crippen molar-refractivity contribution in [2.45, 2.75) is 32.4 Å². The molecule has 0 atom stereocenters. The normalized spacial score (nSPS) is 13.2. The number of anilines is 2. The van der Waals surface area contributed by atoms with E-state index in [4.69, 9.17) is 0 Å². The Morgan fingerprint density at radius 3 is 1.90 bits per heavy atom. The van der Waals surface area contributed by atoms with Gasteiger partial charge in [-0.25, -0.2) is 13.4 Å². The number of carbonyl (C=O) groups excluding carboxylic acids is 1. The summed E-state index contributed by atoms with van der Waals surface area (Å²) in [6, 6.07) is 20.9. The number of aromatic nitrogens is 1. The van der Waals surface area contributed by atoms with Crippen LogP contribution in [-0.2, 0) is 40.2 Å². The Balaban J connectivity index is 1.43. The molecule has 5 N–H and O–H groups in total. The Hall–Kier alpha value is -6.20. The molecular formula is C39H28N2O15S4. The van der Waals surface area contributed by atoms with Crippen LogP contribution in [0.15, 0.2) is 132 Å². The molecule has 0 bridgehead atoms. The van der Waals surface area contributed by atoms with Crippen molar-refractivity contribution in [3.63, 3.8) is 0 Å². The molecule has 1 aliphatic heterocycles. The molecule has 1 aliphatic carbocycles. The number of Topliss-reactive ketones (excluding diaryl/α,β-unsaturated/α-hetero) is 1. The van der Waals surface area contributed by atoms with E-state index in [0.29, 0.717) is 12.1 Å². The van der Waals surface area contributed by atoms with Crippen LogP contribution in [0.3, 0.4) is 0 Å². The number of sulfone groups is 1. The van der Waals surface area contributed by atoms with Crippen LogP contribution >= 0.6 is 0 Å². The molecule has 0 radical (unpaired) electrons. The highest BCUT2D eigenvalue weighted by Crippen LogP contribution is 2.35. The minimum atomic E-state index is -5.33. The fourth-order valence-corrected chi connectivity index (χ4v) is 10.0. The van der Waals surface area contributed by atoms with Gasteiger partial charge in [-0.2, -0.15) is 25.3 Å². The summed E-state index contributed by atoms with van der Waals surface area (Å²) in [5, 5.41) is 12.6. The van der Waals surface area contributed by atoms with Crippen LogP contribution in [-0.4, -0.2) is 69.0 Å². The maximum atomic E-state index is 14.4. The van der Waals surface area contributed by atoms with Crippen LogP contribution in [0.4, 0.5) is 11.4 Å². The van der Waals surface area contributed by atoms with Crippen LogP contribution in [0.25, 0.3) is 27.4 Å². The maximum Gasteiger partial charge on any atom is 0.296 e. The molecule has 0 amide bonds. The average molecular weight is 893 g/mol. The third-order valence-corrected chi connectivity index (χ3v) is 14.0. The average Bonchev–Trinajstić information content (AvgIpc) is 3.18. The van der Waals surface area contributed by atoms with Crippen molar-refractivity contribution in [3.05, 3.63) is 150 Å². The minimum Gasteiger partial charge on any atom is -0.506 e. The van der Waals surface area contributed by atoms with Gasteiger partial charge in [-0.05, 0) is 48.2 Å². The van der Waals surface area contributed by atoms with E-state index in [1.54, 1.807) is 18.2 Å². The van der Waals surface area contributed by atoms with Crippen molar-refractivity contribution in [3.8, 4) is 0 Å². The van der Waals surface area contributed by atoms with Gasteiger partial charge in [0.2, 0.25) is 0 Å². The topological polar surface area (TPSA) is 294 Å². The van der Waals surface area contributed by atoms with E-state index in [1.165, 1.54) is 48.5 Å². The van der Waals surface area contributed by atoms with Crippen molar-refractivity contribution in [1.29, 1.82) is 0 Å². The Morgan fingerprint density at radius 2 is 1.25 bits per heavy atom. The summed E-state index contributed by atoms with van der Waals surface area (Å²) in [6.45, 7) is 0. The van der Waals surface area contributed by atoms with Crippen LogP contribution in [0.5, 0.6) is 0 Å². The van der Waals surface area contributed by atoms with Crippen molar-refractivity contribution in [2.75, 3.05) is 11.1 Å². The van der Waals surface area contributed by atoms with Gasteiger partial charge in [0, 0.05) is 33.4 Å². The third kappa shape index (κ3) is 7.81. The van der Waals surface area contributed by atoms with Crippen LogP contribution in [0.2, 0.25) is 0 Å². The van der Waals surface area contributed by atoms with Crippen LogP contribution in [0.1, 0.15) is 28.8 Å². The number of aliphatic hydroxyl groups excluding tert-OH is 1. The number of nitrogens with one attached hydrogen (secondary N) is 1. The zero-order chi connectivity index (χ0) is 43.5. The van der Waals surface area contributed by atoms with E-state index >= 15 is 0 Å². The molecule has 5 aromatic carbocycles. The van der Waals surface area contributed by atoms with Crippen molar-refractivity contribution >= 4 is 84.8 Å². The molecule has 1 heterocycles. The molecule has 17 nitrogen and oxygen atoms in total. The summed E-state index contributed by atoms with van der Waals surface area (Å²) in [6.07, 6.45) is -0.737. The summed E-state index contributed by atoms with van der Waals surface area (Å²) in [5.74, 6) is -1.99. The Bertz CT molecular complexity index is 3660. The summed E-state index contributed by atoms with van der Waals surface area (Å²) in [5.41, 5.74) is -3.90. The molecular weight excluding hydrogens is 865 g/mol. The van der Waals surface area contributed by atoms with Crippen LogP contribution < -0.4 is 21.5 Å². The number of aliphatic hydroxyl groups is 1. The molecule has 0 saturated heterocycles. The number of rotatable bonds is 12. The number of nitrogens with zero attached hydrogens (tertiary/aromatic N) is 1. The lowest BCUT2D eigenvalue weighted by Gasteiger charge is -2.17. The molecule has 5 aromatic rings. The van der Waals surface area contributed by atoms with Gasteiger partial charge in [-0.1, -0.05) is 66.7 Å². The molecule has 0 saturated carbocycles. The summed E-state index contributed by atoms with van der Waals surface area (Å²) < 4.78 is 131. The summed E-state index contributed by atoms with van der Waals surface area (Å²) >= 11 is 0. The Kier molecular flexibility index (Phi) is 10.6. The number of ketones is 1. The lowest BCUT2D eigenvalue weighted by atomic mass is 9.96. The highest BCUT2D eigenvalue weighted by Gasteiger charge is 2.27. The Morgan fingerprint density at radius 1 is 0.617 bits per heavy atom. The first-order valence-electron chi connectivity index (χ1n) is 17.2. The highest BCUT2D eigenvalue weighted by molar-refractivity contribution is 7.91. The number of benzene rings is 5. The second-order valence-electron chi connectivity index (χ2n) is 13.4. The van der Waals surface area contributed by atoms with Crippen LogP contribution in [0, 0.1) is 10.4 Å². The summed E-state index contributed by atoms with van der Waals surface area (Å²) in [4.78, 5) is 41.7. The fraction of sp³-hybridized carbons (Fsp3) is 0.0769. The van der Waals surface area contributed by atoms with Gasteiger partial charge in [0.05, 0.1) is 43.0 Å². The molecule has 308 valence electrons. The monoisotopic (exact) mass is 892 g/mol. The summed E-state index contributed by atoms with van der Waals surface area (Å²) in [7, 11) is -19.6. The SMILES string of the molecule is O=C(CCCS(=O)(=O)c1ccc(S(=O)(=O)O)c(Nc2cc(S(=O)(=O)O)c3nc(=O)c(=C(O)c4ccccc4)c4c5ccccc5c(=O)c2c3=4)c1)c1cccc(S(=O)(=O)O)c1. The van der Waals surface area contributed by atoms with Gasteiger partial charge < -0.3 is 10.4 Å². The molecule has 0 aromatic heterocycles. The largest absolute Gasteiger partial charge is 0.506 e. The number of carbonyl (C=O) groups is 1. The van der Waals surface area contributed by atoms with Gasteiger partial charge >= 0.3 is 0 Å². The van der Waals surface area contributed by atoms with Crippen molar-refractivity contribution in [1.82, 2.24) is 4.98 Å². The maximum absolute atomic E-state index is 14.4. The Labute approximate surface area is 339 Å². The van der Waals surface area contributed by atoms with E-state index in [2.05, 4.69) is 10.3 Å². The molecule has 7 rings (SSSR count). The van der Waals surface area contributed by atoms with E-state index in [-0.39, 0.29) is 38.8 Å². The van der Waals surface area contributed by atoms with E-state index in [9.17, 15) is 66.8 Å². The lowest BCUT2D eigenvalue weighted by Crippen LogP contribution is -2.33. The first kappa shape index (κ1) is 41.9. The predicted molar refractivity (Wildman–Crippen MR) is 216 cm³/mol. The van der Waals surface area contributed by atoms with E-state index in [0.717, 1.165) is 24.3 Å². The zero-order valence-electron chi connectivity index (χ0n) is 30.3. The van der Waals surface area contributed by atoms with Gasteiger partial charge in [0.15, 0.2) is 21.0 Å².